The molecule has 0 aliphatic rings. The molecule has 93 heavy (non-hydrogen) atoms. The third-order valence-electron chi connectivity index (χ3n) is 17.7. The molecule has 7 nitrogen and oxygen atoms in total. The number of thiophene rings is 1. The van der Waals surface area contributed by atoms with E-state index in [-0.39, 0.29) is 0 Å². The predicted octanol–water partition coefficient (Wildman–Crippen LogP) is 22.1. The molecule has 0 N–H and O–H groups in total. The second-order valence-corrected chi connectivity index (χ2v) is 24.5. The normalized spacial score (nSPS) is 11.5. The topological polar surface area (TPSA) is 82.3 Å². The molecule has 4 heterocycles. The van der Waals surface area contributed by atoms with E-state index in [0.717, 1.165) is 106 Å². The maximum absolute atomic E-state index is 5.32. The van der Waals surface area contributed by atoms with Crippen molar-refractivity contribution in [3.8, 4) is 135 Å². The van der Waals surface area contributed by atoms with Gasteiger partial charge < -0.3 is 4.57 Å². The highest BCUT2D eigenvalue weighted by Crippen LogP contribution is 2.48. The van der Waals surface area contributed by atoms with Gasteiger partial charge in [0.1, 0.15) is 0 Å². The zero-order chi connectivity index (χ0) is 61.8. The van der Waals surface area contributed by atoms with Crippen molar-refractivity contribution in [2.24, 2.45) is 7.05 Å². The molecule has 4 aromatic heterocycles. The van der Waals surface area contributed by atoms with E-state index in [0.29, 0.717) is 34.9 Å². The van der Waals surface area contributed by atoms with Gasteiger partial charge in [-0.3, -0.25) is 0 Å². The van der Waals surface area contributed by atoms with E-state index in [1.807, 2.05) is 47.7 Å². The molecule has 0 aliphatic carbocycles. The van der Waals surface area contributed by atoms with Crippen LogP contribution < -0.4 is 0 Å². The van der Waals surface area contributed by atoms with Crippen LogP contribution in [0.3, 0.4) is 0 Å². The Morgan fingerprint density at radius 1 is 0.226 bits per heavy atom. The Kier molecular flexibility index (Phi) is 13.8. The largest absolute Gasteiger partial charge is 0.343 e. The number of hydrogen-bond donors (Lipinski definition) is 0. The molecule has 0 unspecified atom stereocenters. The molecule has 0 fully saturated rings. The van der Waals surface area contributed by atoms with Crippen molar-refractivity contribution in [3.05, 3.63) is 315 Å². The Bertz CT molecular complexity index is 5530. The van der Waals surface area contributed by atoms with Crippen molar-refractivity contribution in [2.45, 2.75) is 0 Å². The zero-order valence-electron chi connectivity index (χ0n) is 50.6. The van der Waals surface area contributed by atoms with E-state index in [4.69, 9.17) is 29.9 Å². The summed E-state index contributed by atoms with van der Waals surface area (Å²) in [4.78, 5) is 31.4. The molecule has 0 saturated carbocycles. The van der Waals surface area contributed by atoms with Crippen molar-refractivity contribution in [2.75, 3.05) is 0 Å². The molecule has 17 aromatic rings. The van der Waals surface area contributed by atoms with Crippen LogP contribution in [-0.4, -0.2) is 34.5 Å². The van der Waals surface area contributed by atoms with Crippen LogP contribution in [0, 0.1) is 0 Å². The first-order valence-electron chi connectivity index (χ1n) is 31.2. The molecule has 0 bridgehead atoms. The third kappa shape index (κ3) is 10.3. The lowest BCUT2D eigenvalue weighted by atomic mass is 9.95. The maximum Gasteiger partial charge on any atom is 0.164 e. The van der Waals surface area contributed by atoms with E-state index in [2.05, 4.69) is 291 Å². The number of aryl methyl sites for hydroxylation is 1. The summed E-state index contributed by atoms with van der Waals surface area (Å²) in [6.45, 7) is 0. The van der Waals surface area contributed by atoms with Gasteiger partial charge in [-0.1, -0.05) is 267 Å². The lowest BCUT2D eigenvalue weighted by molar-refractivity contribution is 1.02. The Hall–Kier alpha value is -12.1. The fraction of sp³-hybridized carbons (Fsp3) is 0.0118. The van der Waals surface area contributed by atoms with Gasteiger partial charge in [0.2, 0.25) is 0 Å². The van der Waals surface area contributed by atoms with E-state index in [1.165, 1.54) is 36.5 Å². The second kappa shape index (κ2) is 23.4. The minimum absolute atomic E-state index is 0.597. The number of hydrogen-bond acceptors (Lipinski definition) is 7. The molecule has 17 rings (SSSR count). The first kappa shape index (κ1) is 55.0. The monoisotopic (exact) mass is 1210 g/mol. The first-order chi connectivity index (χ1) is 46.0. The number of aromatic nitrogens is 7. The van der Waals surface area contributed by atoms with Crippen molar-refractivity contribution >= 4 is 53.3 Å². The van der Waals surface area contributed by atoms with Gasteiger partial charge in [0, 0.05) is 82.5 Å². The van der Waals surface area contributed by atoms with Crippen LogP contribution in [0.1, 0.15) is 0 Å². The molecule has 0 radical (unpaired) electrons. The smallest absolute Gasteiger partial charge is 0.164 e. The zero-order valence-corrected chi connectivity index (χ0v) is 51.4. The van der Waals surface area contributed by atoms with Crippen LogP contribution >= 0.6 is 11.3 Å². The molecule has 0 aliphatic heterocycles. The predicted molar refractivity (Wildman–Crippen MR) is 385 cm³/mol. The maximum atomic E-state index is 5.32. The standard InChI is InChI=1S/C85H55N7S/c1-92-77-70(58-39-43-62(44-40-58)82-86-80(60-31-16-6-17-32-60)88-84(90-82)68-49-64(54-23-8-2-9-24-54)47-65(50-68)55-25-10-3-11-26-55)36-22-37-72(77)76-78(92)73(53-74-71-35-20-21-38-75(71)93-79(74)76)59-41-45-63(46-42-59)83-87-81(61-33-18-7-19-34-61)89-85(91-83)69-51-66(56-27-12-4-13-28-56)48-67(52-69)57-29-14-5-15-30-57/h2-53H,1H3. The van der Waals surface area contributed by atoms with Crippen LogP contribution in [0.5, 0.6) is 0 Å². The van der Waals surface area contributed by atoms with Gasteiger partial charge >= 0.3 is 0 Å². The molecular formula is C85H55N7S. The first-order valence-corrected chi connectivity index (χ1v) is 32.0. The summed E-state index contributed by atoms with van der Waals surface area (Å²) in [6.07, 6.45) is 0. The molecule has 0 amide bonds. The summed E-state index contributed by atoms with van der Waals surface area (Å²) in [5, 5.41) is 4.92. The fourth-order valence-corrected chi connectivity index (χ4v) is 14.4. The summed E-state index contributed by atoms with van der Waals surface area (Å²) in [7, 11) is 2.22. The van der Waals surface area contributed by atoms with E-state index in [1.54, 1.807) is 0 Å². The lowest BCUT2D eigenvalue weighted by Crippen LogP contribution is -2.00. The van der Waals surface area contributed by atoms with Gasteiger partial charge in [-0.2, -0.15) is 0 Å². The molecule has 8 heteroatoms. The van der Waals surface area contributed by atoms with Gasteiger partial charge in [0.05, 0.1) is 11.0 Å². The average molecular weight is 1210 g/mol. The average Bonchev–Trinajstić information content (AvgIpc) is 1.56. The number of nitrogens with zero attached hydrogens (tertiary/aromatic N) is 7. The molecule has 436 valence electrons. The highest BCUT2D eigenvalue weighted by atomic mass is 32.1. The van der Waals surface area contributed by atoms with Crippen LogP contribution in [0.15, 0.2) is 315 Å². The highest BCUT2D eigenvalue weighted by molar-refractivity contribution is 7.26. The molecule has 13 aromatic carbocycles. The SMILES string of the molecule is Cn1c2c(-c3ccc(-c4nc(-c5ccccc5)nc(-c5cc(-c6ccccc6)cc(-c6ccccc6)c5)n4)cc3)cccc2c2c3sc4ccccc4c3cc(-c3ccc(-c4nc(-c5ccccc5)nc(-c5cc(-c6ccccc6)cc(-c6ccccc6)c5)n4)cc3)c21. The van der Waals surface area contributed by atoms with Crippen molar-refractivity contribution in [3.63, 3.8) is 0 Å². The van der Waals surface area contributed by atoms with Crippen LogP contribution in [-0.2, 0) is 7.05 Å². The number of rotatable bonds is 12. The Morgan fingerprint density at radius 3 is 0.946 bits per heavy atom. The quantitative estimate of drug-likeness (QED) is 0.121. The van der Waals surface area contributed by atoms with Crippen molar-refractivity contribution < 1.29 is 0 Å². The van der Waals surface area contributed by atoms with Gasteiger partial charge in [-0.25, -0.2) is 29.9 Å². The van der Waals surface area contributed by atoms with Gasteiger partial charge in [0.15, 0.2) is 34.9 Å². The van der Waals surface area contributed by atoms with E-state index in [9.17, 15) is 0 Å². The minimum Gasteiger partial charge on any atom is -0.343 e. The lowest BCUT2D eigenvalue weighted by Gasteiger charge is -2.13. The van der Waals surface area contributed by atoms with E-state index < -0.39 is 0 Å². The van der Waals surface area contributed by atoms with Gasteiger partial charge in [-0.15, -0.1) is 11.3 Å². The Labute approximate surface area is 542 Å². The molecule has 0 atom stereocenters. The van der Waals surface area contributed by atoms with Crippen LogP contribution in [0.25, 0.3) is 177 Å². The Balaban J connectivity index is 0.780. The van der Waals surface area contributed by atoms with Gasteiger partial charge in [-0.05, 0) is 104 Å². The minimum atomic E-state index is 0.597. The number of fused-ring (bicyclic) bond motifs is 7. The van der Waals surface area contributed by atoms with Gasteiger partial charge in [0.25, 0.3) is 0 Å². The fourth-order valence-electron chi connectivity index (χ4n) is 13.1. The number of para-hydroxylation sites is 1. The molecule has 0 saturated heterocycles. The summed E-state index contributed by atoms with van der Waals surface area (Å²) in [5.41, 5.74) is 21.0. The van der Waals surface area contributed by atoms with Crippen LogP contribution in [0.4, 0.5) is 0 Å². The van der Waals surface area contributed by atoms with E-state index >= 15 is 0 Å². The third-order valence-corrected chi connectivity index (χ3v) is 18.9. The summed E-state index contributed by atoms with van der Waals surface area (Å²) in [5.74, 6) is 3.62. The second-order valence-electron chi connectivity index (χ2n) is 23.4. The van der Waals surface area contributed by atoms with Crippen LogP contribution in [0.2, 0.25) is 0 Å². The summed E-state index contributed by atoms with van der Waals surface area (Å²) < 4.78 is 4.94. The highest BCUT2D eigenvalue weighted by Gasteiger charge is 2.24. The Morgan fingerprint density at radius 2 is 0.538 bits per heavy atom. The summed E-state index contributed by atoms with van der Waals surface area (Å²) >= 11 is 1.87. The molecule has 0 spiro atoms. The number of benzene rings is 13. The van der Waals surface area contributed by atoms with Crippen molar-refractivity contribution in [1.82, 2.24) is 34.5 Å². The van der Waals surface area contributed by atoms with Crippen molar-refractivity contribution in [1.29, 1.82) is 0 Å². The molecular weight excluding hydrogens is 1150 g/mol. The summed E-state index contributed by atoms with van der Waals surface area (Å²) in [6, 6.07) is 111.